The second kappa shape index (κ2) is 14.2. The van der Waals surface area contributed by atoms with Gasteiger partial charge in [0.15, 0.2) is 0 Å². The van der Waals surface area contributed by atoms with Gasteiger partial charge in [-0.1, -0.05) is 92.9 Å². The Morgan fingerprint density at radius 3 is 1.38 bits per heavy atom. The van der Waals surface area contributed by atoms with E-state index in [0.29, 0.717) is 0 Å². The van der Waals surface area contributed by atoms with Crippen LogP contribution in [-0.4, -0.2) is 29.7 Å². The molecular formula is C35H52OP2S. The van der Waals surface area contributed by atoms with E-state index in [9.17, 15) is 0 Å². The Kier molecular flexibility index (Phi) is 10.4. The van der Waals surface area contributed by atoms with Gasteiger partial charge in [-0.05, 0) is 115 Å². The average Bonchev–Trinajstić information content (AvgIpc) is 3.43. The molecule has 2 aromatic rings. The first kappa shape index (κ1) is 28.7. The summed E-state index contributed by atoms with van der Waals surface area (Å²) in [5, 5.41) is 6.67. The molecule has 39 heavy (non-hydrogen) atoms. The van der Waals surface area contributed by atoms with Crippen LogP contribution in [0.15, 0.2) is 29.6 Å². The summed E-state index contributed by atoms with van der Waals surface area (Å²) in [6.45, 7) is 0. The summed E-state index contributed by atoms with van der Waals surface area (Å²) in [7, 11) is 1.63. The molecule has 4 saturated carbocycles. The van der Waals surface area contributed by atoms with E-state index in [4.69, 9.17) is 4.74 Å². The van der Waals surface area contributed by atoms with Gasteiger partial charge in [0, 0.05) is 10.2 Å². The summed E-state index contributed by atoms with van der Waals surface area (Å²) in [5.74, 6) is 0.991. The van der Waals surface area contributed by atoms with Crippen LogP contribution in [0.2, 0.25) is 0 Å². The van der Waals surface area contributed by atoms with E-state index >= 15 is 0 Å². The Morgan fingerprint density at radius 1 is 0.564 bits per heavy atom. The highest BCUT2D eigenvalue weighted by Crippen LogP contribution is 2.61. The Labute approximate surface area is 245 Å². The molecule has 0 radical (unpaired) electrons. The molecule has 0 atom stereocenters. The largest absolute Gasteiger partial charge is 0.497 e. The molecule has 4 heteroatoms. The summed E-state index contributed by atoms with van der Waals surface area (Å²) < 4.78 is 5.59. The standard InChI is InChI=1S/C35H52OP2S/c1-36-28-24-22-27(23-25-28)35-34(38(31-18-10-4-11-19-31)32-20-12-5-13-21-32)33(26-39-35)37(29-14-6-2-7-15-29)30-16-8-3-9-17-30/h22-26,29-32H,2-21H2,1H3. The van der Waals surface area contributed by atoms with Crippen LogP contribution in [0.5, 0.6) is 5.75 Å². The van der Waals surface area contributed by atoms with Gasteiger partial charge in [0.05, 0.1) is 7.11 Å². The van der Waals surface area contributed by atoms with Gasteiger partial charge < -0.3 is 4.74 Å². The van der Waals surface area contributed by atoms with E-state index in [1.807, 2.05) is 10.6 Å². The maximum atomic E-state index is 5.59. The Bertz CT molecular complexity index is 972. The van der Waals surface area contributed by atoms with E-state index in [1.165, 1.54) is 134 Å². The highest BCUT2D eigenvalue weighted by molar-refractivity contribution is 7.74. The second-order valence-electron chi connectivity index (χ2n) is 13.0. The normalized spacial score (nSPS) is 23.1. The van der Waals surface area contributed by atoms with Crippen molar-refractivity contribution in [1.82, 2.24) is 0 Å². The summed E-state index contributed by atoms with van der Waals surface area (Å²) in [6, 6.07) is 9.20. The number of ether oxygens (including phenoxy) is 1. The van der Waals surface area contributed by atoms with Crippen molar-refractivity contribution in [3.63, 3.8) is 0 Å². The van der Waals surface area contributed by atoms with E-state index in [0.717, 1.165) is 28.4 Å². The molecule has 1 aromatic heterocycles. The van der Waals surface area contributed by atoms with Crippen molar-refractivity contribution in [2.75, 3.05) is 7.11 Å². The summed E-state index contributed by atoms with van der Waals surface area (Å²) in [6.07, 6.45) is 29.9. The smallest absolute Gasteiger partial charge is 0.118 e. The fourth-order valence-corrected chi connectivity index (χ4v) is 18.8. The molecule has 6 rings (SSSR count). The van der Waals surface area contributed by atoms with Gasteiger partial charge in [0.25, 0.3) is 0 Å². The molecule has 4 aliphatic carbocycles. The highest BCUT2D eigenvalue weighted by Gasteiger charge is 2.40. The number of rotatable bonds is 8. The topological polar surface area (TPSA) is 9.23 Å². The van der Waals surface area contributed by atoms with Crippen molar-refractivity contribution in [3.8, 4) is 16.2 Å². The maximum absolute atomic E-state index is 5.59. The van der Waals surface area contributed by atoms with E-state index in [2.05, 4.69) is 41.0 Å². The van der Waals surface area contributed by atoms with Crippen molar-refractivity contribution in [1.29, 1.82) is 0 Å². The zero-order valence-corrected chi connectivity index (χ0v) is 27.2. The number of hydrogen-bond acceptors (Lipinski definition) is 2. The van der Waals surface area contributed by atoms with Gasteiger partial charge in [-0.2, -0.15) is 0 Å². The molecule has 0 bridgehead atoms. The zero-order valence-electron chi connectivity index (χ0n) is 24.5. The molecule has 214 valence electrons. The third-order valence-electron chi connectivity index (χ3n) is 10.5. The lowest BCUT2D eigenvalue weighted by Gasteiger charge is -2.43. The predicted octanol–water partition coefficient (Wildman–Crippen LogP) is 11.0. The van der Waals surface area contributed by atoms with Crippen LogP contribution in [0.4, 0.5) is 0 Å². The number of methoxy groups -OCH3 is 1. The highest BCUT2D eigenvalue weighted by atomic mass is 32.1. The minimum Gasteiger partial charge on any atom is -0.497 e. The molecule has 1 nitrogen and oxygen atoms in total. The lowest BCUT2D eigenvalue weighted by Crippen LogP contribution is -2.36. The molecule has 0 spiro atoms. The van der Waals surface area contributed by atoms with Crippen molar-refractivity contribution in [2.24, 2.45) is 0 Å². The van der Waals surface area contributed by atoms with Gasteiger partial charge in [-0.25, -0.2) is 0 Å². The van der Waals surface area contributed by atoms with Crippen LogP contribution in [0.3, 0.4) is 0 Å². The van der Waals surface area contributed by atoms with Crippen LogP contribution < -0.4 is 15.3 Å². The molecule has 0 aliphatic heterocycles. The first-order valence-corrected chi connectivity index (χ1v) is 20.5. The van der Waals surface area contributed by atoms with Crippen LogP contribution in [0, 0.1) is 0 Å². The number of hydrogen-bond donors (Lipinski definition) is 0. The molecule has 1 heterocycles. The summed E-state index contributed by atoms with van der Waals surface area (Å²) in [5.41, 5.74) is 5.39. The van der Waals surface area contributed by atoms with Crippen LogP contribution >= 0.6 is 27.2 Å². The zero-order chi connectivity index (χ0) is 26.4. The monoisotopic (exact) mass is 582 g/mol. The Morgan fingerprint density at radius 2 is 0.974 bits per heavy atom. The van der Waals surface area contributed by atoms with E-state index in [-0.39, 0.29) is 15.8 Å². The molecule has 4 aliphatic rings. The molecule has 4 fully saturated rings. The third kappa shape index (κ3) is 6.65. The fourth-order valence-electron chi connectivity index (χ4n) is 8.51. The summed E-state index contributed by atoms with van der Waals surface area (Å²) >= 11 is 2.15. The molecule has 0 unspecified atom stereocenters. The summed E-state index contributed by atoms with van der Waals surface area (Å²) in [4.78, 5) is 1.68. The maximum Gasteiger partial charge on any atom is 0.118 e. The van der Waals surface area contributed by atoms with Crippen molar-refractivity contribution in [3.05, 3.63) is 29.6 Å². The molecule has 1 aromatic carbocycles. The van der Waals surface area contributed by atoms with Gasteiger partial charge in [0.1, 0.15) is 5.75 Å². The van der Waals surface area contributed by atoms with Gasteiger partial charge >= 0.3 is 0 Å². The Hall–Kier alpha value is -0.420. The predicted molar refractivity (Wildman–Crippen MR) is 177 cm³/mol. The molecule has 0 N–H and O–H groups in total. The second-order valence-corrected chi connectivity index (χ2v) is 19.4. The quantitative estimate of drug-likeness (QED) is 0.281. The molecule has 0 saturated heterocycles. The first-order chi connectivity index (χ1) is 19.3. The van der Waals surface area contributed by atoms with Crippen LogP contribution in [0.25, 0.3) is 10.4 Å². The molecular weight excluding hydrogens is 530 g/mol. The minimum absolute atomic E-state index is 0.0643. The van der Waals surface area contributed by atoms with E-state index in [1.54, 1.807) is 12.0 Å². The third-order valence-corrected chi connectivity index (χ3v) is 19.1. The number of thiophene rings is 1. The van der Waals surface area contributed by atoms with Crippen LogP contribution in [-0.2, 0) is 0 Å². The fraction of sp³-hybridized carbons (Fsp3) is 0.714. The lowest BCUT2D eigenvalue weighted by atomic mass is 9.99. The van der Waals surface area contributed by atoms with Gasteiger partial charge in [0.2, 0.25) is 0 Å². The number of benzene rings is 1. The van der Waals surface area contributed by atoms with Crippen molar-refractivity contribution < 1.29 is 4.74 Å². The average molecular weight is 583 g/mol. The van der Waals surface area contributed by atoms with Gasteiger partial charge in [-0.15, -0.1) is 11.3 Å². The lowest BCUT2D eigenvalue weighted by molar-refractivity contribution is 0.415. The van der Waals surface area contributed by atoms with E-state index < -0.39 is 0 Å². The molecule has 0 amide bonds. The SMILES string of the molecule is COc1ccc(-c2scc(P(C3CCCCC3)C3CCCCC3)c2P(C2CCCCC2)C2CCCCC2)cc1. The minimum atomic E-state index is -0.111. The Balaban J connectivity index is 1.49. The first-order valence-electron chi connectivity index (χ1n) is 16.7. The van der Waals surface area contributed by atoms with Crippen LogP contribution in [0.1, 0.15) is 128 Å². The van der Waals surface area contributed by atoms with Crippen molar-refractivity contribution >= 4 is 37.8 Å². The van der Waals surface area contributed by atoms with Gasteiger partial charge in [-0.3, -0.25) is 0 Å². The van der Waals surface area contributed by atoms with Crippen molar-refractivity contribution in [2.45, 2.75) is 151 Å².